The molecule has 0 bridgehead atoms. The number of nitrogens with zero attached hydrogens (tertiary/aromatic N) is 1. The standard InChI is InChI=1S/C21H27N3O5S2/c1-15(2)29-20(25)13-18(16-6-4-3-5-7-16)23-21(26)19-12-17(14-22-19)31(27,28)24-8-10-30-11-9-24/h3-7,12,14-15,18,22H,8-11,13H2,1-2H3,(H,23,26). The highest BCUT2D eigenvalue weighted by atomic mass is 32.2. The van der Waals surface area contributed by atoms with E-state index in [0.29, 0.717) is 13.1 Å². The number of sulfonamides is 1. The Morgan fingerprint density at radius 2 is 1.87 bits per heavy atom. The number of aromatic amines is 1. The first-order valence-corrected chi connectivity index (χ1v) is 12.7. The highest BCUT2D eigenvalue weighted by Gasteiger charge is 2.28. The van der Waals surface area contributed by atoms with E-state index < -0.39 is 27.9 Å². The second-order valence-electron chi connectivity index (χ2n) is 7.44. The van der Waals surface area contributed by atoms with E-state index in [1.165, 1.54) is 16.6 Å². The Bertz CT molecular complexity index is 999. The van der Waals surface area contributed by atoms with Crippen LogP contribution in [-0.2, 0) is 19.6 Å². The summed E-state index contributed by atoms with van der Waals surface area (Å²) in [7, 11) is -3.65. The average Bonchev–Trinajstić information content (AvgIpc) is 3.25. The summed E-state index contributed by atoms with van der Waals surface area (Å²) in [5, 5.41) is 2.82. The van der Waals surface area contributed by atoms with Crippen LogP contribution in [0.2, 0.25) is 0 Å². The molecule has 1 atom stereocenters. The summed E-state index contributed by atoms with van der Waals surface area (Å²) in [5.41, 5.74) is 0.866. The second-order valence-corrected chi connectivity index (χ2v) is 10.6. The molecule has 3 rings (SSSR count). The summed E-state index contributed by atoms with van der Waals surface area (Å²) in [5.74, 6) is 0.577. The molecule has 1 aromatic heterocycles. The van der Waals surface area contributed by atoms with Gasteiger partial charge in [0, 0.05) is 30.8 Å². The number of H-pyrrole nitrogens is 1. The van der Waals surface area contributed by atoms with Gasteiger partial charge in [0.15, 0.2) is 0 Å². The van der Waals surface area contributed by atoms with Gasteiger partial charge in [-0.05, 0) is 25.5 Å². The van der Waals surface area contributed by atoms with E-state index in [-0.39, 0.29) is 23.1 Å². The summed E-state index contributed by atoms with van der Waals surface area (Å²) >= 11 is 1.72. The van der Waals surface area contributed by atoms with Crippen LogP contribution in [0.4, 0.5) is 0 Å². The minimum Gasteiger partial charge on any atom is -0.463 e. The van der Waals surface area contributed by atoms with Crippen LogP contribution in [0.1, 0.15) is 42.4 Å². The number of amides is 1. The van der Waals surface area contributed by atoms with E-state index in [9.17, 15) is 18.0 Å². The van der Waals surface area contributed by atoms with E-state index in [1.54, 1.807) is 25.6 Å². The molecule has 0 spiro atoms. The van der Waals surface area contributed by atoms with E-state index in [1.807, 2.05) is 30.3 Å². The fourth-order valence-electron chi connectivity index (χ4n) is 3.24. The predicted molar refractivity (Wildman–Crippen MR) is 119 cm³/mol. The lowest BCUT2D eigenvalue weighted by molar-refractivity contribution is -0.147. The highest BCUT2D eigenvalue weighted by molar-refractivity contribution is 7.99. The normalized spacial score (nSPS) is 16.1. The van der Waals surface area contributed by atoms with Gasteiger partial charge in [0.25, 0.3) is 5.91 Å². The quantitative estimate of drug-likeness (QED) is 0.580. The van der Waals surface area contributed by atoms with Gasteiger partial charge in [0.1, 0.15) is 10.6 Å². The van der Waals surface area contributed by atoms with E-state index in [2.05, 4.69) is 10.3 Å². The molecule has 0 saturated carbocycles. The van der Waals surface area contributed by atoms with Crippen molar-refractivity contribution in [2.45, 2.75) is 37.3 Å². The van der Waals surface area contributed by atoms with Crippen LogP contribution in [0.3, 0.4) is 0 Å². The van der Waals surface area contributed by atoms with Crippen LogP contribution in [-0.4, -0.2) is 60.3 Å². The summed E-state index contributed by atoms with van der Waals surface area (Å²) < 4.78 is 32.3. The number of carbonyl (C=O) groups excluding carboxylic acids is 2. The number of aromatic nitrogens is 1. The Morgan fingerprint density at radius 1 is 1.19 bits per heavy atom. The Hall–Kier alpha value is -2.30. The molecule has 1 amide bonds. The van der Waals surface area contributed by atoms with Gasteiger partial charge < -0.3 is 15.0 Å². The lowest BCUT2D eigenvalue weighted by atomic mass is 10.0. The SMILES string of the molecule is CC(C)OC(=O)CC(NC(=O)c1cc(S(=O)(=O)N2CCSCC2)c[nH]1)c1ccccc1. The van der Waals surface area contributed by atoms with Crippen molar-refractivity contribution in [1.29, 1.82) is 0 Å². The fraction of sp³-hybridized carbons (Fsp3) is 0.429. The number of nitrogens with one attached hydrogen (secondary N) is 2. The van der Waals surface area contributed by atoms with Crippen LogP contribution in [0, 0.1) is 0 Å². The Labute approximate surface area is 186 Å². The summed E-state index contributed by atoms with van der Waals surface area (Å²) in [6.07, 6.45) is 1.03. The molecule has 1 unspecified atom stereocenters. The molecule has 2 heterocycles. The average molecular weight is 466 g/mol. The zero-order chi connectivity index (χ0) is 22.4. The molecule has 0 aliphatic carbocycles. The van der Waals surface area contributed by atoms with Crippen molar-refractivity contribution in [3.63, 3.8) is 0 Å². The molecule has 1 fully saturated rings. The molecule has 1 aliphatic heterocycles. The number of carbonyl (C=O) groups is 2. The summed E-state index contributed by atoms with van der Waals surface area (Å²) in [4.78, 5) is 27.8. The van der Waals surface area contributed by atoms with Crippen LogP contribution in [0.25, 0.3) is 0 Å². The van der Waals surface area contributed by atoms with E-state index in [0.717, 1.165) is 17.1 Å². The topological polar surface area (TPSA) is 109 Å². The molecule has 8 nitrogen and oxygen atoms in total. The molecule has 1 aromatic carbocycles. The number of hydrogen-bond acceptors (Lipinski definition) is 6. The first-order valence-electron chi connectivity index (χ1n) is 10.1. The maximum absolute atomic E-state index is 12.8. The molecule has 31 heavy (non-hydrogen) atoms. The van der Waals surface area contributed by atoms with Gasteiger partial charge in [-0.3, -0.25) is 9.59 Å². The highest BCUT2D eigenvalue weighted by Crippen LogP contribution is 2.22. The largest absolute Gasteiger partial charge is 0.463 e. The van der Waals surface area contributed by atoms with Crippen molar-refractivity contribution in [3.05, 3.63) is 53.9 Å². The van der Waals surface area contributed by atoms with Crippen molar-refractivity contribution >= 4 is 33.7 Å². The third-order valence-electron chi connectivity index (χ3n) is 4.75. The van der Waals surface area contributed by atoms with Crippen molar-refractivity contribution in [1.82, 2.24) is 14.6 Å². The van der Waals surface area contributed by atoms with Crippen molar-refractivity contribution < 1.29 is 22.7 Å². The van der Waals surface area contributed by atoms with Crippen molar-refractivity contribution in [2.24, 2.45) is 0 Å². The second kappa shape index (κ2) is 10.3. The Morgan fingerprint density at radius 3 is 2.52 bits per heavy atom. The van der Waals surface area contributed by atoms with Crippen LogP contribution < -0.4 is 5.32 Å². The number of rotatable bonds is 8. The first kappa shape index (κ1) is 23.4. The first-order chi connectivity index (χ1) is 14.8. The number of benzene rings is 1. The molecular formula is C21H27N3O5S2. The lowest BCUT2D eigenvalue weighted by Crippen LogP contribution is -2.37. The van der Waals surface area contributed by atoms with Gasteiger partial charge in [-0.1, -0.05) is 30.3 Å². The maximum atomic E-state index is 12.8. The molecule has 1 saturated heterocycles. The van der Waals surface area contributed by atoms with Crippen LogP contribution in [0.5, 0.6) is 0 Å². The molecule has 168 valence electrons. The van der Waals surface area contributed by atoms with Gasteiger partial charge >= 0.3 is 5.97 Å². The van der Waals surface area contributed by atoms with Gasteiger partial charge in [0.05, 0.1) is 18.6 Å². The smallest absolute Gasteiger partial charge is 0.308 e. The maximum Gasteiger partial charge on any atom is 0.308 e. The minimum absolute atomic E-state index is 0.0365. The van der Waals surface area contributed by atoms with Gasteiger partial charge in [-0.2, -0.15) is 16.1 Å². The Balaban J connectivity index is 1.75. The monoisotopic (exact) mass is 465 g/mol. The molecule has 10 heteroatoms. The van der Waals surface area contributed by atoms with Gasteiger partial charge in [-0.15, -0.1) is 0 Å². The molecule has 1 aliphatic rings. The Kier molecular flexibility index (Phi) is 7.79. The third kappa shape index (κ3) is 6.11. The lowest BCUT2D eigenvalue weighted by Gasteiger charge is -2.24. The minimum atomic E-state index is -3.65. The number of hydrogen-bond donors (Lipinski definition) is 2. The molecular weight excluding hydrogens is 438 g/mol. The molecule has 2 aromatic rings. The fourth-order valence-corrected chi connectivity index (χ4v) is 5.81. The molecule has 0 radical (unpaired) electrons. The zero-order valence-corrected chi connectivity index (χ0v) is 19.2. The third-order valence-corrected chi connectivity index (χ3v) is 7.57. The summed E-state index contributed by atoms with van der Waals surface area (Å²) in [6.45, 7) is 4.42. The predicted octanol–water partition coefficient (Wildman–Crippen LogP) is 2.57. The number of ether oxygens (including phenoxy) is 1. The van der Waals surface area contributed by atoms with E-state index >= 15 is 0 Å². The van der Waals surface area contributed by atoms with Crippen LogP contribution >= 0.6 is 11.8 Å². The number of esters is 1. The summed E-state index contributed by atoms with van der Waals surface area (Å²) in [6, 6.07) is 9.83. The number of thioether (sulfide) groups is 1. The van der Waals surface area contributed by atoms with Gasteiger partial charge in [0.2, 0.25) is 10.0 Å². The van der Waals surface area contributed by atoms with E-state index in [4.69, 9.17) is 4.74 Å². The van der Waals surface area contributed by atoms with Crippen molar-refractivity contribution in [2.75, 3.05) is 24.6 Å². The molecule has 2 N–H and O–H groups in total. The van der Waals surface area contributed by atoms with Crippen LogP contribution in [0.15, 0.2) is 47.5 Å². The van der Waals surface area contributed by atoms with Crippen molar-refractivity contribution in [3.8, 4) is 0 Å². The van der Waals surface area contributed by atoms with Gasteiger partial charge in [-0.25, -0.2) is 8.42 Å². The zero-order valence-electron chi connectivity index (χ0n) is 17.5.